The molecule has 0 saturated carbocycles. The fourth-order valence-corrected chi connectivity index (χ4v) is 3.16. The maximum absolute atomic E-state index is 11.8. The standard InChI is InChI=1S/C17H29N5OS/c1-17(2,3)24-14-15(23)18-8-5-9-21-10-12-22(13-11-21)16-19-6-4-7-20-16/h4,6-7H,5,8-14H2,1-3H3,(H,18,23). The first kappa shape index (κ1) is 19.0. The van der Waals surface area contributed by atoms with E-state index < -0.39 is 0 Å². The summed E-state index contributed by atoms with van der Waals surface area (Å²) in [5.74, 6) is 1.50. The molecule has 6 nitrogen and oxygen atoms in total. The lowest BCUT2D eigenvalue weighted by atomic mass is 10.3. The van der Waals surface area contributed by atoms with E-state index in [9.17, 15) is 4.79 Å². The Hall–Kier alpha value is -1.34. The Labute approximate surface area is 149 Å². The summed E-state index contributed by atoms with van der Waals surface area (Å²) in [4.78, 5) is 25.0. The van der Waals surface area contributed by atoms with Crippen LogP contribution < -0.4 is 10.2 Å². The largest absolute Gasteiger partial charge is 0.355 e. The van der Waals surface area contributed by atoms with Crippen molar-refractivity contribution in [2.24, 2.45) is 0 Å². The van der Waals surface area contributed by atoms with E-state index >= 15 is 0 Å². The Morgan fingerprint density at radius 2 is 1.88 bits per heavy atom. The van der Waals surface area contributed by atoms with E-state index in [1.54, 1.807) is 24.2 Å². The fraction of sp³-hybridized carbons (Fsp3) is 0.706. The maximum atomic E-state index is 11.8. The van der Waals surface area contributed by atoms with Gasteiger partial charge in [0, 0.05) is 49.9 Å². The van der Waals surface area contributed by atoms with E-state index in [-0.39, 0.29) is 10.7 Å². The van der Waals surface area contributed by atoms with Crippen molar-refractivity contribution in [3.63, 3.8) is 0 Å². The van der Waals surface area contributed by atoms with Crippen molar-refractivity contribution in [3.8, 4) is 0 Å². The third-order valence-electron chi connectivity index (χ3n) is 3.82. The number of nitrogens with zero attached hydrogens (tertiary/aromatic N) is 4. The first-order chi connectivity index (χ1) is 11.4. The summed E-state index contributed by atoms with van der Waals surface area (Å²) in [6.45, 7) is 12.1. The number of anilines is 1. The van der Waals surface area contributed by atoms with Crippen LogP contribution in [-0.4, -0.2) is 70.5 Å². The number of aromatic nitrogens is 2. The minimum Gasteiger partial charge on any atom is -0.355 e. The van der Waals surface area contributed by atoms with Crippen LogP contribution in [0.1, 0.15) is 27.2 Å². The third kappa shape index (κ3) is 7.05. The molecule has 0 aromatic carbocycles. The Morgan fingerprint density at radius 3 is 2.50 bits per heavy atom. The highest BCUT2D eigenvalue weighted by Crippen LogP contribution is 2.22. The lowest BCUT2D eigenvalue weighted by molar-refractivity contribution is -0.118. The molecule has 7 heteroatoms. The number of nitrogens with one attached hydrogen (secondary N) is 1. The number of hydrogen-bond donors (Lipinski definition) is 1. The zero-order chi connectivity index (χ0) is 17.4. The molecule has 1 N–H and O–H groups in total. The number of carbonyl (C=O) groups excluding carboxylic acids is 1. The average molecular weight is 352 g/mol. The molecule has 1 aromatic rings. The smallest absolute Gasteiger partial charge is 0.230 e. The number of carbonyl (C=O) groups is 1. The predicted octanol–water partition coefficient (Wildman–Crippen LogP) is 1.64. The number of hydrogen-bond acceptors (Lipinski definition) is 6. The first-order valence-corrected chi connectivity index (χ1v) is 9.57. The molecule has 1 aromatic heterocycles. The highest BCUT2D eigenvalue weighted by atomic mass is 32.2. The van der Waals surface area contributed by atoms with E-state index in [0.29, 0.717) is 5.75 Å². The van der Waals surface area contributed by atoms with Crippen molar-refractivity contribution in [2.75, 3.05) is 49.9 Å². The molecule has 134 valence electrons. The summed E-state index contributed by atoms with van der Waals surface area (Å²) >= 11 is 1.69. The van der Waals surface area contributed by atoms with Crippen LogP contribution in [0.15, 0.2) is 18.5 Å². The molecule has 0 atom stereocenters. The zero-order valence-electron chi connectivity index (χ0n) is 15.0. The number of piperazine rings is 1. The van der Waals surface area contributed by atoms with Gasteiger partial charge in [-0.05, 0) is 19.0 Å². The van der Waals surface area contributed by atoms with Gasteiger partial charge in [-0.2, -0.15) is 0 Å². The monoisotopic (exact) mass is 351 g/mol. The molecule has 2 heterocycles. The van der Waals surface area contributed by atoms with Crippen molar-refractivity contribution in [1.82, 2.24) is 20.2 Å². The number of rotatable bonds is 7. The molecular weight excluding hydrogens is 322 g/mol. The second-order valence-electron chi connectivity index (χ2n) is 6.98. The van der Waals surface area contributed by atoms with Crippen LogP contribution in [0.4, 0.5) is 5.95 Å². The molecule has 0 radical (unpaired) electrons. The Bertz CT molecular complexity index is 497. The first-order valence-electron chi connectivity index (χ1n) is 8.59. The summed E-state index contributed by atoms with van der Waals surface area (Å²) in [6, 6.07) is 1.84. The van der Waals surface area contributed by atoms with Gasteiger partial charge < -0.3 is 10.2 Å². The van der Waals surface area contributed by atoms with E-state index in [1.165, 1.54) is 0 Å². The van der Waals surface area contributed by atoms with Crippen LogP contribution in [0.3, 0.4) is 0 Å². The van der Waals surface area contributed by atoms with Gasteiger partial charge in [-0.3, -0.25) is 9.69 Å². The van der Waals surface area contributed by atoms with Crippen LogP contribution in [0.25, 0.3) is 0 Å². The molecule has 24 heavy (non-hydrogen) atoms. The molecule has 2 rings (SSSR count). The lowest BCUT2D eigenvalue weighted by Crippen LogP contribution is -2.47. The van der Waals surface area contributed by atoms with E-state index in [4.69, 9.17) is 0 Å². The van der Waals surface area contributed by atoms with Crippen molar-refractivity contribution < 1.29 is 4.79 Å². The van der Waals surface area contributed by atoms with Gasteiger partial charge in [-0.25, -0.2) is 9.97 Å². The maximum Gasteiger partial charge on any atom is 0.230 e. The Balaban J connectivity index is 1.56. The molecule has 0 aliphatic carbocycles. The van der Waals surface area contributed by atoms with Gasteiger partial charge in [0.25, 0.3) is 0 Å². The van der Waals surface area contributed by atoms with Gasteiger partial charge in [0.05, 0.1) is 5.75 Å². The van der Waals surface area contributed by atoms with Crippen LogP contribution in [-0.2, 0) is 4.79 Å². The SMILES string of the molecule is CC(C)(C)SCC(=O)NCCCN1CCN(c2ncccn2)CC1. The van der Waals surface area contributed by atoms with Crippen molar-refractivity contribution in [2.45, 2.75) is 31.9 Å². The zero-order valence-corrected chi connectivity index (χ0v) is 15.8. The van der Waals surface area contributed by atoms with E-state index in [2.05, 4.69) is 45.9 Å². The second kappa shape index (κ2) is 9.22. The quantitative estimate of drug-likeness (QED) is 0.754. The molecule has 0 unspecified atom stereocenters. The summed E-state index contributed by atoms with van der Waals surface area (Å²) < 4.78 is 0.138. The number of thioether (sulfide) groups is 1. The van der Waals surface area contributed by atoms with Crippen LogP contribution >= 0.6 is 11.8 Å². The summed E-state index contributed by atoms with van der Waals surface area (Å²) in [5, 5.41) is 3.01. The normalized spacial score (nSPS) is 16.2. The molecule has 1 aliphatic heterocycles. The van der Waals surface area contributed by atoms with Crippen LogP contribution in [0, 0.1) is 0 Å². The summed E-state index contributed by atoms with van der Waals surface area (Å²) in [6.07, 6.45) is 4.57. The van der Waals surface area contributed by atoms with Gasteiger partial charge in [0.1, 0.15) is 0 Å². The summed E-state index contributed by atoms with van der Waals surface area (Å²) in [7, 11) is 0. The average Bonchev–Trinajstić information content (AvgIpc) is 2.58. The molecule has 1 amide bonds. The van der Waals surface area contributed by atoms with Crippen molar-refractivity contribution >= 4 is 23.6 Å². The van der Waals surface area contributed by atoms with Crippen molar-refractivity contribution in [1.29, 1.82) is 0 Å². The lowest BCUT2D eigenvalue weighted by Gasteiger charge is -2.34. The van der Waals surface area contributed by atoms with E-state index in [0.717, 1.165) is 51.6 Å². The van der Waals surface area contributed by atoms with Crippen molar-refractivity contribution in [3.05, 3.63) is 18.5 Å². The van der Waals surface area contributed by atoms with Gasteiger partial charge in [0.15, 0.2) is 0 Å². The Kier molecular flexibility index (Phi) is 7.30. The topological polar surface area (TPSA) is 61.4 Å². The molecule has 0 spiro atoms. The predicted molar refractivity (Wildman–Crippen MR) is 101 cm³/mol. The summed E-state index contributed by atoms with van der Waals surface area (Å²) in [5.41, 5.74) is 0. The minimum absolute atomic E-state index is 0.138. The van der Waals surface area contributed by atoms with Gasteiger partial charge >= 0.3 is 0 Å². The third-order valence-corrected chi connectivity index (χ3v) is 5.09. The highest BCUT2D eigenvalue weighted by Gasteiger charge is 2.18. The minimum atomic E-state index is 0.138. The fourth-order valence-electron chi connectivity index (χ4n) is 2.49. The van der Waals surface area contributed by atoms with Gasteiger partial charge in [0.2, 0.25) is 11.9 Å². The van der Waals surface area contributed by atoms with Gasteiger partial charge in [-0.1, -0.05) is 20.8 Å². The van der Waals surface area contributed by atoms with Crippen LogP contribution in [0.2, 0.25) is 0 Å². The molecular formula is C17H29N5OS. The molecule has 1 aliphatic rings. The second-order valence-corrected chi connectivity index (χ2v) is 8.78. The Morgan fingerprint density at radius 1 is 1.21 bits per heavy atom. The van der Waals surface area contributed by atoms with Crippen LogP contribution in [0.5, 0.6) is 0 Å². The molecule has 1 saturated heterocycles. The molecule has 1 fully saturated rings. The van der Waals surface area contributed by atoms with E-state index in [1.807, 2.05) is 6.07 Å². The van der Waals surface area contributed by atoms with Gasteiger partial charge in [-0.15, -0.1) is 11.8 Å². The molecule has 0 bridgehead atoms. The highest BCUT2D eigenvalue weighted by molar-refractivity contribution is 8.01. The number of amides is 1.